The van der Waals surface area contributed by atoms with Crippen molar-refractivity contribution in [2.45, 2.75) is 6.42 Å². The Hall–Kier alpha value is -2.17. The van der Waals surface area contributed by atoms with Crippen molar-refractivity contribution in [3.63, 3.8) is 0 Å². The van der Waals surface area contributed by atoms with Crippen LogP contribution in [0.3, 0.4) is 0 Å². The molecule has 0 aliphatic carbocycles. The van der Waals surface area contributed by atoms with Gasteiger partial charge in [-0.2, -0.15) is 0 Å². The summed E-state index contributed by atoms with van der Waals surface area (Å²) in [6.45, 7) is 0.188. The molecule has 1 N–H and O–H groups in total. The largest absolute Gasteiger partial charge is 0.508 e. The minimum atomic E-state index is -0.458. The summed E-state index contributed by atoms with van der Waals surface area (Å²) >= 11 is 0. The first-order chi connectivity index (χ1) is 8.24. The number of hydrogen-bond acceptors (Lipinski definition) is 5. The Morgan fingerprint density at radius 3 is 2.76 bits per heavy atom. The Labute approximate surface area is 97.2 Å². The summed E-state index contributed by atoms with van der Waals surface area (Å²) in [7, 11) is 0. The van der Waals surface area contributed by atoms with Gasteiger partial charge >= 0.3 is 5.97 Å². The van der Waals surface area contributed by atoms with Crippen molar-refractivity contribution < 1.29 is 24.1 Å². The van der Waals surface area contributed by atoms with E-state index in [1.165, 1.54) is 0 Å². The molecule has 0 saturated carbocycles. The highest BCUT2D eigenvalue weighted by Crippen LogP contribution is 2.33. The van der Waals surface area contributed by atoms with E-state index in [0.717, 1.165) is 5.56 Å². The van der Waals surface area contributed by atoms with Crippen LogP contribution >= 0.6 is 0 Å². The van der Waals surface area contributed by atoms with Crippen molar-refractivity contribution in [1.82, 2.24) is 0 Å². The van der Waals surface area contributed by atoms with E-state index in [-0.39, 0.29) is 19.2 Å². The number of ether oxygens (including phenoxy) is 3. The predicted molar refractivity (Wildman–Crippen MR) is 56.9 cm³/mol. The first kappa shape index (κ1) is 10.0. The zero-order valence-corrected chi connectivity index (χ0v) is 8.93. The number of fused-ring (bicyclic) bond motifs is 1. The van der Waals surface area contributed by atoms with Gasteiger partial charge in [-0.25, -0.2) is 4.79 Å². The average molecular weight is 234 g/mol. The summed E-state index contributed by atoms with van der Waals surface area (Å²) in [6, 6.07) is 5.42. The van der Waals surface area contributed by atoms with E-state index in [1.54, 1.807) is 12.1 Å². The van der Waals surface area contributed by atoms with Crippen molar-refractivity contribution in [1.29, 1.82) is 0 Å². The Bertz CT molecular complexity index is 518. The van der Waals surface area contributed by atoms with E-state index >= 15 is 0 Å². The van der Waals surface area contributed by atoms with Gasteiger partial charge in [-0.15, -0.1) is 0 Å². The molecule has 2 aliphatic rings. The van der Waals surface area contributed by atoms with Gasteiger partial charge in [-0.05, 0) is 17.7 Å². The van der Waals surface area contributed by atoms with Gasteiger partial charge in [0.15, 0.2) is 11.5 Å². The zero-order valence-electron chi connectivity index (χ0n) is 8.93. The number of rotatable bonds is 2. The Kier molecular flexibility index (Phi) is 2.18. The third-order valence-corrected chi connectivity index (χ3v) is 2.75. The van der Waals surface area contributed by atoms with E-state index in [0.29, 0.717) is 23.5 Å². The van der Waals surface area contributed by atoms with E-state index < -0.39 is 5.97 Å². The predicted octanol–water partition coefficient (Wildman–Crippen LogP) is 1.33. The number of aliphatic hydroxyl groups is 1. The maximum atomic E-state index is 11.3. The normalized spacial score (nSPS) is 17.5. The van der Waals surface area contributed by atoms with Crippen LogP contribution in [0.25, 0.3) is 0 Å². The van der Waals surface area contributed by atoms with Crippen molar-refractivity contribution >= 4 is 5.97 Å². The highest BCUT2D eigenvalue weighted by molar-refractivity contribution is 5.91. The third-order valence-electron chi connectivity index (χ3n) is 2.75. The summed E-state index contributed by atoms with van der Waals surface area (Å²) in [5.41, 5.74) is 1.18. The number of hydrogen-bond donors (Lipinski definition) is 1. The molecule has 17 heavy (non-hydrogen) atoms. The van der Waals surface area contributed by atoms with Gasteiger partial charge < -0.3 is 19.3 Å². The minimum absolute atomic E-state index is 0.00710. The van der Waals surface area contributed by atoms with Gasteiger partial charge in [0.25, 0.3) is 0 Å². The maximum Gasteiger partial charge on any atom is 0.338 e. The highest BCUT2D eigenvalue weighted by atomic mass is 16.7. The fourth-order valence-corrected chi connectivity index (χ4v) is 1.86. The quantitative estimate of drug-likeness (QED) is 0.782. The fourth-order valence-electron chi connectivity index (χ4n) is 1.86. The summed E-state index contributed by atoms with van der Waals surface area (Å²) in [5, 5.41) is 9.49. The van der Waals surface area contributed by atoms with E-state index in [4.69, 9.17) is 14.2 Å². The lowest BCUT2D eigenvalue weighted by Crippen LogP contribution is -2.02. The number of benzene rings is 1. The zero-order chi connectivity index (χ0) is 11.8. The molecule has 1 aromatic rings. The van der Waals surface area contributed by atoms with Crippen LogP contribution in [-0.4, -0.2) is 24.5 Å². The Balaban J connectivity index is 1.86. The second-order valence-corrected chi connectivity index (χ2v) is 3.87. The molecule has 1 aromatic carbocycles. The maximum absolute atomic E-state index is 11.3. The molecule has 0 amide bonds. The van der Waals surface area contributed by atoms with E-state index in [2.05, 4.69) is 0 Å². The van der Waals surface area contributed by atoms with Crippen molar-refractivity contribution in [2.24, 2.45) is 0 Å². The Morgan fingerprint density at radius 1 is 1.18 bits per heavy atom. The molecule has 88 valence electrons. The van der Waals surface area contributed by atoms with Crippen LogP contribution in [0, 0.1) is 0 Å². The molecule has 2 aliphatic heterocycles. The van der Waals surface area contributed by atoms with Gasteiger partial charge in [0.2, 0.25) is 6.79 Å². The third kappa shape index (κ3) is 1.69. The first-order valence-corrected chi connectivity index (χ1v) is 5.20. The van der Waals surface area contributed by atoms with Crippen LogP contribution in [0.1, 0.15) is 5.56 Å². The van der Waals surface area contributed by atoms with E-state index in [9.17, 15) is 9.90 Å². The van der Waals surface area contributed by atoms with Crippen LogP contribution in [0.2, 0.25) is 0 Å². The van der Waals surface area contributed by atoms with Crippen LogP contribution in [-0.2, 0) is 16.0 Å². The van der Waals surface area contributed by atoms with Gasteiger partial charge in [-0.3, -0.25) is 0 Å². The summed E-state index contributed by atoms with van der Waals surface area (Å²) in [4.78, 5) is 11.3. The topological polar surface area (TPSA) is 65.0 Å². The van der Waals surface area contributed by atoms with Crippen LogP contribution < -0.4 is 9.47 Å². The molecule has 0 aromatic heterocycles. The second kappa shape index (κ2) is 3.69. The van der Waals surface area contributed by atoms with Gasteiger partial charge in [0.1, 0.15) is 12.4 Å². The first-order valence-electron chi connectivity index (χ1n) is 5.20. The molecule has 0 saturated heterocycles. The smallest absolute Gasteiger partial charge is 0.338 e. The van der Waals surface area contributed by atoms with Crippen LogP contribution in [0.5, 0.6) is 11.5 Å². The molecular weight excluding hydrogens is 224 g/mol. The van der Waals surface area contributed by atoms with Crippen molar-refractivity contribution in [3.05, 3.63) is 35.1 Å². The standard InChI is InChI=1S/C12H10O5/c13-9-5-15-12(14)8(9)3-7-1-2-10-11(4-7)17-6-16-10/h1-2,4,13H,3,5-6H2. The summed E-state index contributed by atoms with van der Waals surface area (Å²) in [6.07, 6.45) is 0.335. The SMILES string of the molecule is O=C1OCC(O)=C1Cc1ccc2c(c1)OCO2. The molecule has 5 heteroatoms. The number of carbonyl (C=O) groups is 1. The monoisotopic (exact) mass is 234 g/mol. The molecule has 2 heterocycles. The molecule has 5 nitrogen and oxygen atoms in total. The number of esters is 1. The number of carbonyl (C=O) groups excluding carboxylic acids is 1. The fraction of sp³-hybridized carbons (Fsp3) is 0.250. The van der Waals surface area contributed by atoms with Gasteiger partial charge in [0, 0.05) is 6.42 Å². The molecule has 0 spiro atoms. The number of aliphatic hydroxyl groups excluding tert-OH is 1. The molecule has 0 bridgehead atoms. The molecule has 0 unspecified atom stereocenters. The average Bonchev–Trinajstić information content (AvgIpc) is 2.90. The minimum Gasteiger partial charge on any atom is -0.508 e. The van der Waals surface area contributed by atoms with Crippen LogP contribution in [0.15, 0.2) is 29.5 Å². The summed E-state index contributed by atoms with van der Waals surface area (Å²) in [5.74, 6) is 0.905. The lowest BCUT2D eigenvalue weighted by molar-refractivity contribution is -0.136. The molecule has 3 rings (SSSR count). The Morgan fingerprint density at radius 2 is 2.00 bits per heavy atom. The highest BCUT2D eigenvalue weighted by Gasteiger charge is 2.25. The van der Waals surface area contributed by atoms with Crippen molar-refractivity contribution in [2.75, 3.05) is 13.4 Å². The van der Waals surface area contributed by atoms with Crippen molar-refractivity contribution in [3.8, 4) is 11.5 Å². The van der Waals surface area contributed by atoms with Gasteiger partial charge in [0.05, 0.1) is 5.57 Å². The van der Waals surface area contributed by atoms with Gasteiger partial charge in [-0.1, -0.05) is 6.07 Å². The molecule has 0 radical (unpaired) electrons. The summed E-state index contributed by atoms with van der Waals surface area (Å²) < 4.78 is 15.2. The second-order valence-electron chi connectivity index (χ2n) is 3.87. The molecular formula is C12H10O5. The number of cyclic esters (lactones) is 1. The van der Waals surface area contributed by atoms with E-state index in [1.807, 2.05) is 6.07 Å². The molecule has 0 atom stereocenters. The lowest BCUT2D eigenvalue weighted by atomic mass is 10.0. The molecule has 0 fully saturated rings. The van der Waals surface area contributed by atoms with Crippen LogP contribution in [0.4, 0.5) is 0 Å². The lowest BCUT2D eigenvalue weighted by Gasteiger charge is -2.02.